The monoisotopic (exact) mass is 199 g/mol. The molecule has 0 aromatic carbocycles. The summed E-state index contributed by atoms with van der Waals surface area (Å²) >= 11 is 0. The summed E-state index contributed by atoms with van der Waals surface area (Å²) in [4.78, 5) is 0. The van der Waals surface area contributed by atoms with Crippen molar-refractivity contribution < 1.29 is 4.39 Å². The van der Waals surface area contributed by atoms with Gasteiger partial charge in [-0.15, -0.1) is 0 Å². The molecule has 14 heavy (non-hydrogen) atoms. The minimum Gasteiger partial charge on any atom is -0.313 e. The van der Waals surface area contributed by atoms with Gasteiger partial charge in [0.2, 0.25) is 0 Å². The van der Waals surface area contributed by atoms with Crippen LogP contribution in [0.2, 0.25) is 0 Å². The molecule has 1 nitrogen and oxygen atoms in total. The van der Waals surface area contributed by atoms with E-state index < -0.39 is 5.67 Å². The highest BCUT2D eigenvalue weighted by Crippen LogP contribution is 2.43. The van der Waals surface area contributed by atoms with E-state index in [1.807, 2.05) is 0 Å². The minimum absolute atomic E-state index is 0.344. The van der Waals surface area contributed by atoms with Gasteiger partial charge in [0, 0.05) is 6.54 Å². The van der Waals surface area contributed by atoms with Crippen LogP contribution in [0.3, 0.4) is 0 Å². The Labute approximate surface area is 86.5 Å². The van der Waals surface area contributed by atoms with Gasteiger partial charge in [-0.2, -0.15) is 0 Å². The fraction of sp³-hybridized carbons (Fsp3) is 1.00. The zero-order chi connectivity index (χ0) is 10.0. The second-order valence-corrected chi connectivity index (χ2v) is 5.02. The summed E-state index contributed by atoms with van der Waals surface area (Å²) in [6, 6.07) is 0. The molecule has 82 valence electrons. The fourth-order valence-corrected chi connectivity index (χ4v) is 3.37. The molecule has 1 saturated heterocycles. The molecule has 0 spiro atoms. The topological polar surface area (TPSA) is 12.0 Å². The molecule has 0 aromatic heterocycles. The van der Waals surface area contributed by atoms with Gasteiger partial charge in [0.25, 0.3) is 0 Å². The maximum Gasteiger partial charge on any atom is 0.127 e. The molecule has 2 aliphatic rings. The summed E-state index contributed by atoms with van der Waals surface area (Å²) in [7, 11) is 0. The van der Waals surface area contributed by atoms with Gasteiger partial charge in [0.1, 0.15) is 5.67 Å². The Morgan fingerprint density at radius 1 is 1.36 bits per heavy atom. The highest BCUT2D eigenvalue weighted by Gasteiger charge is 2.45. The van der Waals surface area contributed by atoms with E-state index in [1.165, 1.54) is 19.3 Å². The summed E-state index contributed by atoms with van der Waals surface area (Å²) in [6.07, 6.45) is 6.85. The SMILES string of the molecule is CCC1CCCCC1C1(F)CCNC1. The molecular formula is C12H22FN. The Kier molecular flexibility index (Phi) is 3.10. The number of hydrogen-bond donors (Lipinski definition) is 1. The number of nitrogens with one attached hydrogen (secondary N) is 1. The van der Waals surface area contributed by atoms with E-state index in [4.69, 9.17) is 0 Å². The van der Waals surface area contributed by atoms with Crippen molar-refractivity contribution in [2.75, 3.05) is 13.1 Å². The van der Waals surface area contributed by atoms with E-state index in [0.717, 1.165) is 25.8 Å². The standard InChI is InChI=1S/C12H22FN/c1-2-10-5-3-4-6-11(10)12(13)7-8-14-9-12/h10-11,14H,2-9H2,1H3. The maximum absolute atomic E-state index is 14.6. The molecule has 0 aromatic rings. The quantitative estimate of drug-likeness (QED) is 0.721. The molecule has 1 N–H and O–H groups in total. The van der Waals surface area contributed by atoms with Crippen LogP contribution in [-0.4, -0.2) is 18.8 Å². The third-order valence-electron chi connectivity index (χ3n) is 4.23. The summed E-state index contributed by atoms with van der Waals surface area (Å²) in [6.45, 7) is 3.70. The molecule has 1 aliphatic heterocycles. The maximum atomic E-state index is 14.6. The van der Waals surface area contributed by atoms with E-state index in [9.17, 15) is 4.39 Å². The van der Waals surface area contributed by atoms with Gasteiger partial charge >= 0.3 is 0 Å². The van der Waals surface area contributed by atoms with Crippen molar-refractivity contribution in [1.82, 2.24) is 5.32 Å². The molecule has 0 bridgehead atoms. The summed E-state index contributed by atoms with van der Waals surface area (Å²) in [5.41, 5.74) is -0.874. The van der Waals surface area contributed by atoms with Crippen LogP contribution >= 0.6 is 0 Å². The van der Waals surface area contributed by atoms with Crippen molar-refractivity contribution >= 4 is 0 Å². The van der Waals surface area contributed by atoms with Gasteiger partial charge in [-0.05, 0) is 31.2 Å². The Bertz CT molecular complexity index is 187. The molecule has 2 rings (SSSR count). The van der Waals surface area contributed by atoms with Crippen LogP contribution in [-0.2, 0) is 0 Å². The molecular weight excluding hydrogens is 177 g/mol. The highest BCUT2D eigenvalue weighted by atomic mass is 19.1. The zero-order valence-electron chi connectivity index (χ0n) is 9.19. The summed E-state index contributed by atoms with van der Waals surface area (Å²) in [5.74, 6) is 0.991. The molecule has 0 radical (unpaired) electrons. The van der Waals surface area contributed by atoms with Crippen LogP contribution in [0.25, 0.3) is 0 Å². The number of alkyl halides is 1. The van der Waals surface area contributed by atoms with E-state index in [-0.39, 0.29) is 0 Å². The van der Waals surface area contributed by atoms with Crippen LogP contribution in [0, 0.1) is 11.8 Å². The normalized spacial score (nSPS) is 44.1. The third-order valence-corrected chi connectivity index (χ3v) is 4.23. The van der Waals surface area contributed by atoms with Gasteiger partial charge in [0.05, 0.1) is 0 Å². The molecule has 2 fully saturated rings. The van der Waals surface area contributed by atoms with Crippen LogP contribution in [0.15, 0.2) is 0 Å². The van der Waals surface area contributed by atoms with Gasteiger partial charge in [-0.25, -0.2) is 4.39 Å². The first-order valence-corrected chi connectivity index (χ1v) is 6.16. The van der Waals surface area contributed by atoms with E-state index in [2.05, 4.69) is 12.2 Å². The molecule has 0 amide bonds. The molecule has 3 unspecified atom stereocenters. The van der Waals surface area contributed by atoms with Crippen LogP contribution in [0.1, 0.15) is 45.4 Å². The van der Waals surface area contributed by atoms with E-state index in [0.29, 0.717) is 18.4 Å². The Hall–Kier alpha value is -0.110. The summed E-state index contributed by atoms with van der Waals surface area (Å²) < 4.78 is 14.6. The first-order chi connectivity index (χ1) is 6.76. The minimum atomic E-state index is -0.874. The van der Waals surface area contributed by atoms with E-state index >= 15 is 0 Å². The number of rotatable bonds is 2. The predicted octanol–water partition coefficient (Wildman–Crippen LogP) is 2.90. The van der Waals surface area contributed by atoms with Crippen molar-refractivity contribution in [3.8, 4) is 0 Å². The lowest BCUT2D eigenvalue weighted by Gasteiger charge is -2.38. The largest absolute Gasteiger partial charge is 0.313 e. The Morgan fingerprint density at radius 3 is 2.79 bits per heavy atom. The number of hydrogen-bond acceptors (Lipinski definition) is 1. The fourth-order valence-electron chi connectivity index (χ4n) is 3.37. The van der Waals surface area contributed by atoms with Crippen molar-refractivity contribution in [1.29, 1.82) is 0 Å². The lowest BCUT2D eigenvalue weighted by atomic mass is 9.69. The average Bonchev–Trinajstić information content (AvgIpc) is 2.66. The second kappa shape index (κ2) is 4.18. The zero-order valence-corrected chi connectivity index (χ0v) is 9.19. The first kappa shape index (κ1) is 10.4. The van der Waals surface area contributed by atoms with Crippen molar-refractivity contribution in [2.24, 2.45) is 11.8 Å². The lowest BCUT2D eigenvalue weighted by Crippen LogP contribution is -2.41. The van der Waals surface area contributed by atoms with Gasteiger partial charge in [0.15, 0.2) is 0 Å². The lowest BCUT2D eigenvalue weighted by molar-refractivity contribution is 0.0330. The average molecular weight is 199 g/mol. The van der Waals surface area contributed by atoms with Gasteiger partial charge in [-0.1, -0.05) is 32.6 Å². The Morgan fingerprint density at radius 2 is 2.14 bits per heavy atom. The van der Waals surface area contributed by atoms with Crippen molar-refractivity contribution in [3.63, 3.8) is 0 Å². The highest BCUT2D eigenvalue weighted by molar-refractivity contribution is 4.97. The first-order valence-electron chi connectivity index (χ1n) is 6.16. The smallest absolute Gasteiger partial charge is 0.127 e. The molecule has 2 heteroatoms. The summed E-state index contributed by atoms with van der Waals surface area (Å²) in [5, 5.41) is 3.18. The molecule has 1 heterocycles. The third kappa shape index (κ3) is 1.81. The second-order valence-electron chi connectivity index (χ2n) is 5.02. The van der Waals surface area contributed by atoms with E-state index in [1.54, 1.807) is 0 Å². The molecule has 3 atom stereocenters. The Balaban J connectivity index is 2.05. The van der Waals surface area contributed by atoms with Crippen molar-refractivity contribution in [3.05, 3.63) is 0 Å². The number of halogens is 1. The van der Waals surface area contributed by atoms with Crippen LogP contribution in [0.5, 0.6) is 0 Å². The van der Waals surface area contributed by atoms with Crippen molar-refractivity contribution in [2.45, 2.75) is 51.1 Å². The molecule has 1 aliphatic carbocycles. The van der Waals surface area contributed by atoms with Gasteiger partial charge in [-0.3, -0.25) is 0 Å². The molecule has 1 saturated carbocycles. The van der Waals surface area contributed by atoms with Crippen LogP contribution in [0.4, 0.5) is 4.39 Å². The van der Waals surface area contributed by atoms with Gasteiger partial charge < -0.3 is 5.32 Å². The van der Waals surface area contributed by atoms with Crippen LogP contribution < -0.4 is 5.32 Å². The predicted molar refractivity (Wildman–Crippen MR) is 57.1 cm³/mol.